The molecule has 1 heterocycles. The Kier molecular flexibility index (Phi) is 5.08. The Morgan fingerprint density at radius 3 is 1.70 bits per heavy atom. The number of aromatic nitrogens is 1. The zero-order valence-electron chi connectivity index (χ0n) is 12.8. The van der Waals surface area contributed by atoms with E-state index < -0.39 is 7.12 Å². The van der Waals surface area contributed by atoms with Gasteiger partial charge in [-0.1, -0.05) is 54.0 Å². The molecule has 1 aromatic heterocycles. The molecule has 5 heteroatoms. The second kappa shape index (κ2) is 6.91. The van der Waals surface area contributed by atoms with Gasteiger partial charge >= 0.3 is 51.4 Å². The Balaban J connectivity index is 0.00000156. The summed E-state index contributed by atoms with van der Waals surface area (Å²) in [4.78, 5) is 0. The third-order valence-electron chi connectivity index (χ3n) is 4.02. The first-order chi connectivity index (χ1) is 10.8. The average Bonchev–Trinajstić information content (AvgIpc) is 2.89. The minimum atomic E-state index is -1.69. The van der Waals surface area contributed by atoms with Crippen molar-refractivity contribution in [3.8, 4) is 5.69 Å². The van der Waals surface area contributed by atoms with Gasteiger partial charge in [0.25, 0.3) is 0 Å². The zero-order valence-corrected chi connectivity index (χ0v) is 15.9. The Morgan fingerprint density at radius 2 is 1.22 bits per heavy atom. The number of benzene rings is 3. The zero-order chi connectivity index (χ0) is 15.1. The fourth-order valence-electron chi connectivity index (χ4n) is 2.99. The maximum atomic E-state index is 11.1. The molecule has 23 heavy (non-hydrogen) atoms. The molecule has 106 valence electrons. The molecule has 0 unspecified atom stereocenters. The minimum Gasteiger partial charge on any atom is -0.853 e. The quantitative estimate of drug-likeness (QED) is 0.473. The van der Waals surface area contributed by atoms with Crippen molar-refractivity contribution in [1.29, 1.82) is 0 Å². The minimum absolute atomic E-state index is 0. The molecule has 0 aliphatic carbocycles. The van der Waals surface area contributed by atoms with Crippen LogP contribution >= 0.6 is 0 Å². The van der Waals surface area contributed by atoms with Crippen LogP contribution in [0, 0.1) is 0 Å². The van der Waals surface area contributed by atoms with Crippen LogP contribution in [0.15, 0.2) is 72.8 Å². The van der Waals surface area contributed by atoms with Crippen molar-refractivity contribution >= 4 is 34.4 Å². The molecule has 0 spiro atoms. The van der Waals surface area contributed by atoms with Crippen molar-refractivity contribution in [3.63, 3.8) is 0 Å². The van der Waals surface area contributed by atoms with E-state index in [1.165, 1.54) is 10.8 Å². The van der Waals surface area contributed by atoms with E-state index in [4.69, 9.17) is 5.02 Å². The Labute approximate surface area is 177 Å². The van der Waals surface area contributed by atoms with Crippen LogP contribution in [0.5, 0.6) is 0 Å². The smallest absolute Gasteiger partial charge is 0.853 e. The molecule has 0 amide bonds. The summed E-state index contributed by atoms with van der Waals surface area (Å²) < 4.78 is 2.17. The maximum absolute atomic E-state index is 11.1. The number of para-hydroxylation sites is 2. The van der Waals surface area contributed by atoms with Gasteiger partial charge in [0, 0.05) is 16.5 Å². The Hall–Kier alpha value is -0.919. The van der Waals surface area contributed by atoms with Crippen molar-refractivity contribution in [3.05, 3.63) is 72.8 Å². The molecule has 0 radical (unpaired) electrons. The summed E-state index contributed by atoms with van der Waals surface area (Å²) in [7, 11) is -1.69. The third-order valence-corrected chi connectivity index (χ3v) is 4.02. The van der Waals surface area contributed by atoms with E-state index in [0.717, 1.165) is 16.7 Å². The van der Waals surface area contributed by atoms with Gasteiger partial charge in [0.15, 0.2) is 0 Å². The monoisotopic (exact) mass is 325 g/mol. The van der Waals surface area contributed by atoms with Gasteiger partial charge in [-0.25, -0.2) is 0 Å². The van der Waals surface area contributed by atoms with E-state index in [9.17, 15) is 5.02 Å². The fraction of sp³-hybridized carbons (Fsp3) is 0. The SMILES string of the molecule is [K+].[O-]B(O)c1ccc(-n2c3ccccc3c3ccccc32)cc1. The van der Waals surface area contributed by atoms with Crippen LogP contribution in [0.1, 0.15) is 0 Å². The molecule has 0 saturated carbocycles. The summed E-state index contributed by atoms with van der Waals surface area (Å²) in [5, 5.41) is 22.6. The van der Waals surface area contributed by atoms with Crippen LogP contribution in [0.4, 0.5) is 0 Å². The van der Waals surface area contributed by atoms with Gasteiger partial charge in [-0.3, -0.25) is 0 Å². The van der Waals surface area contributed by atoms with Crippen LogP contribution in [-0.2, 0) is 0 Å². The van der Waals surface area contributed by atoms with E-state index in [2.05, 4.69) is 28.8 Å². The van der Waals surface area contributed by atoms with Crippen LogP contribution in [0.2, 0.25) is 0 Å². The van der Waals surface area contributed by atoms with Gasteiger partial charge in [0.05, 0.1) is 11.0 Å². The van der Waals surface area contributed by atoms with E-state index >= 15 is 0 Å². The normalized spacial score (nSPS) is 10.7. The van der Waals surface area contributed by atoms with Gasteiger partial charge in [-0.2, -0.15) is 0 Å². The second-order valence-corrected chi connectivity index (χ2v) is 5.31. The van der Waals surface area contributed by atoms with Crippen molar-refractivity contribution in [2.75, 3.05) is 0 Å². The van der Waals surface area contributed by atoms with Crippen molar-refractivity contribution in [1.82, 2.24) is 4.57 Å². The van der Waals surface area contributed by atoms with Gasteiger partial charge in [-0.15, -0.1) is 0 Å². The molecular weight excluding hydrogens is 312 g/mol. The molecule has 3 aromatic carbocycles. The van der Waals surface area contributed by atoms with E-state index in [0.29, 0.717) is 5.46 Å². The van der Waals surface area contributed by atoms with Crippen LogP contribution in [-0.4, -0.2) is 16.7 Å². The van der Waals surface area contributed by atoms with Gasteiger partial charge in [0.1, 0.15) is 0 Å². The van der Waals surface area contributed by atoms with Crippen molar-refractivity contribution in [2.45, 2.75) is 0 Å². The first kappa shape index (κ1) is 16.9. The second-order valence-electron chi connectivity index (χ2n) is 5.31. The van der Waals surface area contributed by atoms with Crippen LogP contribution in [0.25, 0.3) is 27.5 Å². The number of hydrogen-bond donors (Lipinski definition) is 1. The summed E-state index contributed by atoms with van der Waals surface area (Å²) in [5.74, 6) is 0. The summed E-state index contributed by atoms with van der Waals surface area (Å²) >= 11 is 0. The maximum Gasteiger partial charge on any atom is 1.00 e. The molecule has 0 saturated heterocycles. The summed E-state index contributed by atoms with van der Waals surface area (Å²) in [6, 6.07) is 23.6. The molecule has 3 nitrogen and oxygen atoms in total. The number of hydrogen-bond acceptors (Lipinski definition) is 2. The fourth-order valence-corrected chi connectivity index (χ4v) is 2.99. The third kappa shape index (κ3) is 2.94. The molecule has 0 fully saturated rings. The molecule has 4 rings (SSSR count). The standard InChI is InChI=1S/C18H13BNO2.K/c21-19(22)13-9-11-14(12-10-13)20-17-7-3-1-5-15(17)16-6-2-4-8-18(16)20;/h1-12,21H;/q-1;+1. The summed E-state index contributed by atoms with van der Waals surface area (Å²) in [5.41, 5.74) is 3.60. The van der Waals surface area contributed by atoms with Crippen LogP contribution in [0.3, 0.4) is 0 Å². The number of nitrogens with zero attached hydrogens (tertiary/aromatic N) is 1. The average molecular weight is 325 g/mol. The predicted molar refractivity (Wildman–Crippen MR) is 88.4 cm³/mol. The van der Waals surface area contributed by atoms with E-state index in [1.807, 2.05) is 36.4 Å². The van der Waals surface area contributed by atoms with Gasteiger partial charge < -0.3 is 14.6 Å². The molecule has 0 aliphatic heterocycles. The molecule has 0 aliphatic rings. The van der Waals surface area contributed by atoms with Gasteiger partial charge in [-0.05, 0) is 24.3 Å². The Morgan fingerprint density at radius 1 is 0.739 bits per heavy atom. The van der Waals surface area contributed by atoms with Gasteiger partial charge in [0.2, 0.25) is 7.12 Å². The molecule has 4 aromatic rings. The first-order valence-corrected chi connectivity index (χ1v) is 7.18. The van der Waals surface area contributed by atoms with Crippen molar-refractivity contribution in [2.24, 2.45) is 0 Å². The van der Waals surface area contributed by atoms with E-state index in [1.54, 1.807) is 12.1 Å². The van der Waals surface area contributed by atoms with E-state index in [-0.39, 0.29) is 51.4 Å². The summed E-state index contributed by atoms with van der Waals surface area (Å²) in [6.45, 7) is 0. The predicted octanol–water partition coefficient (Wildman–Crippen LogP) is -1.16. The van der Waals surface area contributed by atoms with Crippen molar-refractivity contribution < 1.29 is 61.4 Å². The molecular formula is C18H13BKNO2. The first-order valence-electron chi connectivity index (χ1n) is 7.18. The molecule has 0 bridgehead atoms. The largest absolute Gasteiger partial charge is 1.00 e. The number of rotatable bonds is 2. The molecule has 1 N–H and O–H groups in total. The topological polar surface area (TPSA) is 48.2 Å². The molecule has 0 atom stereocenters. The number of fused-ring (bicyclic) bond motifs is 3. The summed E-state index contributed by atoms with van der Waals surface area (Å²) in [6.07, 6.45) is 0. The Bertz CT molecular complexity index is 911. The van der Waals surface area contributed by atoms with Crippen LogP contribution < -0.4 is 61.9 Å².